The average Bonchev–Trinajstić information content (AvgIpc) is 3.50. The highest BCUT2D eigenvalue weighted by Crippen LogP contribution is 2.20. The van der Waals surface area contributed by atoms with Gasteiger partial charge in [-0.3, -0.25) is 9.89 Å². The van der Waals surface area contributed by atoms with Gasteiger partial charge >= 0.3 is 0 Å². The molecule has 0 fully saturated rings. The lowest BCUT2D eigenvalue weighted by Gasteiger charge is -2.07. The van der Waals surface area contributed by atoms with Crippen molar-refractivity contribution in [2.24, 2.45) is 0 Å². The van der Waals surface area contributed by atoms with E-state index < -0.39 is 0 Å². The normalized spacial score (nSPS) is 11.0. The molecule has 2 aromatic carbocycles. The summed E-state index contributed by atoms with van der Waals surface area (Å²) >= 11 is 0. The predicted molar refractivity (Wildman–Crippen MR) is 118 cm³/mol. The zero-order chi connectivity index (χ0) is 23.5. The van der Waals surface area contributed by atoms with E-state index in [4.69, 9.17) is 4.74 Å². The lowest BCUT2D eigenvalue weighted by atomic mass is 10.1. The molecule has 0 spiro atoms. The molecule has 2 N–H and O–H groups in total. The minimum atomic E-state index is -0.389. The van der Waals surface area contributed by atoms with E-state index in [9.17, 15) is 13.6 Å². The highest BCUT2D eigenvalue weighted by atomic mass is 19.1. The van der Waals surface area contributed by atoms with Gasteiger partial charge in [0.05, 0.1) is 12.2 Å². The van der Waals surface area contributed by atoms with Crippen molar-refractivity contribution in [1.29, 1.82) is 0 Å². The van der Waals surface area contributed by atoms with Crippen LogP contribution in [0.1, 0.15) is 10.5 Å². The van der Waals surface area contributed by atoms with Gasteiger partial charge in [0.15, 0.2) is 11.5 Å². The van der Waals surface area contributed by atoms with Crippen molar-refractivity contribution in [2.45, 2.75) is 0 Å². The standard InChI is InChI=1S/C23H17F2N7O2/c24-16-6-4-14(5-7-16)18-13-19(28-27-18)23(33)26-10-11-34-21-9-8-20-29-30-22(32(20)31-21)15-2-1-3-17(25)12-15/h1-9,12-13H,10-11H2,(H,26,33)(H,27,28). The molecule has 3 heterocycles. The molecule has 11 heteroatoms. The van der Waals surface area contributed by atoms with Crippen LogP contribution in [0.5, 0.6) is 5.88 Å². The zero-order valence-electron chi connectivity index (χ0n) is 17.6. The Kier molecular flexibility index (Phi) is 5.65. The second kappa shape index (κ2) is 9.06. The number of aromatic nitrogens is 6. The highest BCUT2D eigenvalue weighted by molar-refractivity contribution is 5.93. The molecule has 0 aliphatic carbocycles. The van der Waals surface area contributed by atoms with E-state index in [-0.39, 0.29) is 36.4 Å². The second-order valence-corrected chi connectivity index (χ2v) is 7.25. The number of hydrogen-bond acceptors (Lipinski definition) is 6. The monoisotopic (exact) mass is 461 g/mol. The molecule has 0 atom stereocenters. The summed E-state index contributed by atoms with van der Waals surface area (Å²) in [5.74, 6) is -0.427. The fourth-order valence-corrected chi connectivity index (χ4v) is 3.28. The van der Waals surface area contributed by atoms with E-state index in [1.165, 1.54) is 28.8 Å². The highest BCUT2D eigenvalue weighted by Gasteiger charge is 2.13. The maximum atomic E-state index is 13.6. The van der Waals surface area contributed by atoms with Gasteiger partial charge in [0.25, 0.3) is 5.91 Å². The SMILES string of the molecule is O=C(NCCOc1ccc2nnc(-c3cccc(F)c3)n2n1)c1cc(-c2ccc(F)cc2)n[nH]1. The van der Waals surface area contributed by atoms with Crippen LogP contribution in [0, 0.1) is 11.6 Å². The summed E-state index contributed by atoms with van der Waals surface area (Å²) in [5, 5.41) is 21.9. The van der Waals surface area contributed by atoms with E-state index in [0.29, 0.717) is 34.2 Å². The number of halogens is 2. The van der Waals surface area contributed by atoms with Crippen LogP contribution < -0.4 is 10.1 Å². The largest absolute Gasteiger partial charge is 0.475 e. The Bertz CT molecular complexity index is 1460. The summed E-state index contributed by atoms with van der Waals surface area (Å²) in [6.45, 7) is 0.364. The first kappa shape index (κ1) is 21.2. The Hall–Kier alpha value is -4.67. The third kappa shape index (κ3) is 4.44. The summed E-state index contributed by atoms with van der Waals surface area (Å²) in [6, 6.07) is 16.7. The van der Waals surface area contributed by atoms with E-state index in [2.05, 4.69) is 30.8 Å². The summed E-state index contributed by atoms with van der Waals surface area (Å²) in [4.78, 5) is 12.4. The third-order valence-electron chi connectivity index (χ3n) is 4.92. The van der Waals surface area contributed by atoms with E-state index in [1.807, 2.05) is 0 Å². The predicted octanol–water partition coefficient (Wildman–Crippen LogP) is 3.27. The number of nitrogens with one attached hydrogen (secondary N) is 2. The molecule has 5 rings (SSSR count). The molecule has 5 aromatic rings. The van der Waals surface area contributed by atoms with Crippen molar-refractivity contribution < 1.29 is 18.3 Å². The smallest absolute Gasteiger partial charge is 0.269 e. The van der Waals surface area contributed by atoms with Gasteiger partial charge < -0.3 is 10.1 Å². The molecular formula is C23H17F2N7O2. The van der Waals surface area contributed by atoms with E-state index >= 15 is 0 Å². The van der Waals surface area contributed by atoms with Gasteiger partial charge in [0.2, 0.25) is 5.88 Å². The number of amides is 1. The first-order valence-corrected chi connectivity index (χ1v) is 10.3. The lowest BCUT2D eigenvalue weighted by molar-refractivity contribution is 0.0941. The van der Waals surface area contributed by atoms with Crippen LogP contribution in [-0.4, -0.2) is 49.1 Å². The molecule has 170 valence electrons. The maximum Gasteiger partial charge on any atom is 0.269 e. The molecule has 0 saturated carbocycles. The number of nitrogens with zero attached hydrogens (tertiary/aromatic N) is 5. The minimum absolute atomic E-state index is 0.153. The Morgan fingerprint density at radius 2 is 1.82 bits per heavy atom. The fourth-order valence-electron chi connectivity index (χ4n) is 3.28. The maximum absolute atomic E-state index is 13.6. The minimum Gasteiger partial charge on any atom is -0.475 e. The van der Waals surface area contributed by atoms with Crippen LogP contribution in [-0.2, 0) is 0 Å². The Balaban J connectivity index is 1.19. The number of carbonyl (C=O) groups is 1. The quantitative estimate of drug-likeness (QED) is 0.360. The van der Waals surface area contributed by atoms with Crippen LogP contribution >= 0.6 is 0 Å². The molecule has 0 bridgehead atoms. The molecule has 9 nitrogen and oxygen atoms in total. The summed E-state index contributed by atoms with van der Waals surface area (Å²) in [6.07, 6.45) is 0. The van der Waals surface area contributed by atoms with Crippen LogP contribution in [0.3, 0.4) is 0 Å². The van der Waals surface area contributed by atoms with Gasteiger partial charge in [-0.25, -0.2) is 8.78 Å². The first-order chi connectivity index (χ1) is 16.6. The van der Waals surface area contributed by atoms with Crippen LogP contribution in [0.2, 0.25) is 0 Å². The topological polar surface area (TPSA) is 110 Å². The van der Waals surface area contributed by atoms with Gasteiger partial charge in [-0.05, 0) is 48.5 Å². The molecule has 1 amide bonds. The number of hydrogen-bond donors (Lipinski definition) is 2. The second-order valence-electron chi connectivity index (χ2n) is 7.25. The number of carbonyl (C=O) groups excluding carboxylic acids is 1. The van der Waals surface area contributed by atoms with Crippen molar-refractivity contribution in [1.82, 2.24) is 35.3 Å². The third-order valence-corrected chi connectivity index (χ3v) is 4.92. The molecule has 34 heavy (non-hydrogen) atoms. The van der Waals surface area contributed by atoms with Crippen molar-refractivity contribution in [3.05, 3.63) is 84.1 Å². The van der Waals surface area contributed by atoms with Crippen LogP contribution in [0.4, 0.5) is 8.78 Å². The van der Waals surface area contributed by atoms with Crippen LogP contribution in [0.25, 0.3) is 28.3 Å². The molecule has 0 aliphatic rings. The summed E-state index contributed by atoms with van der Waals surface area (Å²) < 4.78 is 33.7. The van der Waals surface area contributed by atoms with Gasteiger partial charge in [0, 0.05) is 17.2 Å². The van der Waals surface area contributed by atoms with Crippen molar-refractivity contribution >= 4 is 11.6 Å². The number of rotatable bonds is 7. The Morgan fingerprint density at radius 3 is 2.65 bits per heavy atom. The van der Waals surface area contributed by atoms with Crippen molar-refractivity contribution in [3.63, 3.8) is 0 Å². The Labute approximate surface area is 191 Å². The van der Waals surface area contributed by atoms with Gasteiger partial charge in [0.1, 0.15) is 23.9 Å². The van der Waals surface area contributed by atoms with E-state index in [1.54, 1.807) is 42.5 Å². The molecule has 0 saturated heterocycles. The molecule has 0 aliphatic heterocycles. The van der Waals surface area contributed by atoms with E-state index in [0.717, 1.165) is 0 Å². The summed E-state index contributed by atoms with van der Waals surface area (Å²) in [7, 11) is 0. The van der Waals surface area contributed by atoms with Crippen molar-refractivity contribution in [2.75, 3.05) is 13.2 Å². The summed E-state index contributed by atoms with van der Waals surface area (Å²) in [5.41, 5.74) is 2.50. The van der Waals surface area contributed by atoms with Crippen molar-refractivity contribution in [3.8, 4) is 28.5 Å². The number of ether oxygens (including phenoxy) is 1. The number of aromatic amines is 1. The van der Waals surface area contributed by atoms with Gasteiger partial charge in [-0.2, -0.15) is 9.61 Å². The molecule has 0 radical (unpaired) electrons. The first-order valence-electron chi connectivity index (χ1n) is 10.3. The fraction of sp³-hybridized carbons (Fsp3) is 0.0870. The number of benzene rings is 2. The zero-order valence-corrected chi connectivity index (χ0v) is 17.6. The van der Waals surface area contributed by atoms with Gasteiger partial charge in [-0.1, -0.05) is 12.1 Å². The number of fused-ring (bicyclic) bond motifs is 1. The number of H-pyrrole nitrogens is 1. The van der Waals surface area contributed by atoms with Crippen LogP contribution in [0.15, 0.2) is 66.7 Å². The molecule has 3 aromatic heterocycles. The average molecular weight is 461 g/mol. The Morgan fingerprint density at radius 1 is 0.971 bits per heavy atom. The molecular weight excluding hydrogens is 444 g/mol. The lowest BCUT2D eigenvalue weighted by Crippen LogP contribution is -2.28. The molecule has 0 unspecified atom stereocenters. The van der Waals surface area contributed by atoms with Gasteiger partial charge in [-0.15, -0.1) is 15.3 Å².